The Balaban J connectivity index is 4.05. The van der Waals surface area contributed by atoms with Gasteiger partial charge in [-0.05, 0) is 5.92 Å². The van der Waals surface area contributed by atoms with Crippen LogP contribution in [-0.4, -0.2) is 70.4 Å². The Bertz CT molecular complexity index is 142. The number of hydrogen-bond donors (Lipinski definition) is 4. The maximum Gasteiger partial charge on any atom is 0.0897 e. The van der Waals surface area contributed by atoms with Crippen LogP contribution in [0.4, 0.5) is 0 Å². The second-order valence-electron chi connectivity index (χ2n) is 4.29. The molecule has 2 unspecified atom stereocenters. The molecule has 0 aliphatic carbocycles. The van der Waals surface area contributed by atoms with Crippen molar-refractivity contribution in [3.63, 3.8) is 0 Å². The Hall–Kier alpha value is -0.200. The van der Waals surface area contributed by atoms with Crippen LogP contribution in [-0.2, 0) is 0 Å². The maximum absolute atomic E-state index is 9.29. The van der Waals surface area contributed by atoms with Gasteiger partial charge >= 0.3 is 0 Å². The SMILES string of the molecule is CC(C)CN(CC(O)CO)CC(O)CO. The van der Waals surface area contributed by atoms with Gasteiger partial charge in [-0.2, -0.15) is 0 Å². The van der Waals surface area contributed by atoms with Crippen LogP contribution in [0.3, 0.4) is 0 Å². The van der Waals surface area contributed by atoms with Crippen molar-refractivity contribution in [3.05, 3.63) is 0 Å². The van der Waals surface area contributed by atoms with E-state index in [4.69, 9.17) is 10.2 Å². The van der Waals surface area contributed by atoms with Gasteiger partial charge in [-0.15, -0.1) is 0 Å². The van der Waals surface area contributed by atoms with Crippen LogP contribution in [0, 0.1) is 5.92 Å². The zero-order valence-corrected chi connectivity index (χ0v) is 9.50. The predicted octanol–water partition coefficient (Wildman–Crippen LogP) is -1.35. The highest BCUT2D eigenvalue weighted by Gasteiger charge is 2.15. The van der Waals surface area contributed by atoms with Gasteiger partial charge in [-0.1, -0.05) is 13.8 Å². The van der Waals surface area contributed by atoms with Crippen LogP contribution >= 0.6 is 0 Å². The van der Waals surface area contributed by atoms with Crippen molar-refractivity contribution >= 4 is 0 Å². The topological polar surface area (TPSA) is 84.2 Å². The van der Waals surface area contributed by atoms with E-state index in [-0.39, 0.29) is 13.2 Å². The summed E-state index contributed by atoms with van der Waals surface area (Å²) in [5.74, 6) is 0.404. The summed E-state index contributed by atoms with van der Waals surface area (Å²) >= 11 is 0. The highest BCUT2D eigenvalue weighted by atomic mass is 16.3. The molecule has 0 aliphatic rings. The number of aliphatic hydroxyl groups excluding tert-OH is 4. The predicted molar refractivity (Wildman–Crippen MR) is 57.5 cm³/mol. The third kappa shape index (κ3) is 7.70. The molecule has 4 N–H and O–H groups in total. The van der Waals surface area contributed by atoms with E-state index in [0.717, 1.165) is 0 Å². The molecule has 0 fully saturated rings. The van der Waals surface area contributed by atoms with E-state index in [9.17, 15) is 10.2 Å². The van der Waals surface area contributed by atoms with Crippen molar-refractivity contribution in [2.75, 3.05) is 32.8 Å². The molecule has 15 heavy (non-hydrogen) atoms. The maximum atomic E-state index is 9.29. The summed E-state index contributed by atoms with van der Waals surface area (Å²) in [4.78, 5) is 1.84. The molecule has 0 saturated carbocycles. The molecular weight excluding hydrogens is 198 g/mol. The summed E-state index contributed by atoms with van der Waals surface area (Å²) in [6, 6.07) is 0. The zero-order valence-electron chi connectivity index (χ0n) is 9.50. The minimum Gasteiger partial charge on any atom is -0.394 e. The third-order valence-corrected chi connectivity index (χ3v) is 1.98. The molecule has 0 radical (unpaired) electrons. The van der Waals surface area contributed by atoms with E-state index in [2.05, 4.69) is 0 Å². The standard InChI is InChI=1S/C10H23NO4/c1-8(2)3-11(4-9(14)6-12)5-10(15)7-13/h8-10,12-15H,3-7H2,1-2H3. The van der Waals surface area contributed by atoms with Gasteiger partial charge in [0.05, 0.1) is 25.4 Å². The van der Waals surface area contributed by atoms with E-state index < -0.39 is 12.2 Å². The van der Waals surface area contributed by atoms with E-state index in [1.165, 1.54) is 0 Å². The Morgan fingerprint density at radius 1 is 0.867 bits per heavy atom. The van der Waals surface area contributed by atoms with Gasteiger partial charge in [0, 0.05) is 19.6 Å². The Labute approximate surface area is 91.0 Å². The highest BCUT2D eigenvalue weighted by Crippen LogP contribution is 2.01. The fraction of sp³-hybridized carbons (Fsp3) is 1.00. The summed E-state index contributed by atoms with van der Waals surface area (Å²) in [5, 5.41) is 36.0. The van der Waals surface area contributed by atoms with Gasteiger partial charge in [-0.3, -0.25) is 4.90 Å². The zero-order chi connectivity index (χ0) is 11.8. The van der Waals surface area contributed by atoms with Crippen LogP contribution in [0.25, 0.3) is 0 Å². The van der Waals surface area contributed by atoms with Crippen LogP contribution in [0.1, 0.15) is 13.8 Å². The minimum atomic E-state index is -0.797. The molecule has 2 atom stereocenters. The first kappa shape index (κ1) is 14.8. The monoisotopic (exact) mass is 221 g/mol. The van der Waals surface area contributed by atoms with Gasteiger partial charge < -0.3 is 20.4 Å². The molecule has 92 valence electrons. The minimum absolute atomic E-state index is 0.288. The number of hydrogen-bond acceptors (Lipinski definition) is 5. The largest absolute Gasteiger partial charge is 0.394 e. The molecule has 0 heterocycles. The van der Waals surface area contributed by atoms with E-state index in [1.54, 1.807) is 0 Å². The number of aliphatic hydroxyl groups is 4. The van der Waals surface area contributed by atoms with Crippen LogP contribution in [0.5, 0.6) is 0 Å². The molecule has 0 aromatic carbocycles. The van der Waals surface area contributed by atoms with Gasteiger partial charge in [0.2, 0.25) is 0 Å². The van der Waals surface area contributed by atoms with Gasteiger partial charge in [0.1, 0.15) is 0 Å². The van der Waals surface area contributed by atoms with Crippen LogP contribution in [0.15, 0.2) is 0 Å². The lowest BCUT2D eigenvalue weighted by Gasteiger charge is -2.27. The molecule has 0 aromatic heterocycles. The summed E-state index contributed by atoms with van der Waals surface area (Å²) in [5.41, 5.74) is 0. The smallest absolute Gasteiger partial charge is 0.0897 e. The average Bonchev–Trinajstić information content (AvgIpc) is 2.16. The molecule has 0 aliphatic heterocycles. The van der Waals surface area contributed by atoms with Crippen LogP contribution < -0.4 is 0 Å². The lowest BCUT2D eigenvalue weighted by atomic mass is 10.2. The molecule has 0 aromatic rings. The molecular formula is C10H23NO4. The van der Waals surface area contributed by atoms with Crippen molar-refractivity contribution in [1.82, 2.24) is 4.90 Å². The lowest BCUT2D eigenvalue weighted by Crippen LogP contribution is -2.42. The molecule has 0 spiro atoms. The molecule has 0 bridgehead atoms. The summed E-state index contributed by atoms with van der Waals surface area (Å²) in [6.45, 7) is 4.83. The summed E-state index contributed by atoms with van der Waals surface area (Å²) in [6.07, 6.45) is -1.59. The van der Waals surface area contributed by atoms with Gasteiger partial charge in [-0.25, -0.2) is 0 Å². The van der Waals surface area contributed by atoms with E-state index in [0.29, 0.717) is 25.6 Å². The Morgan fingerprint density at radius 3 is 1.53 bits per heavy atom. The van der Waals surface area contributed by atoms with Crippen molar-refractivity contribution in [2.45, 2.75) is 26.1 Å². The third-order valence-electron chi connectivity index (χ3n) is 1.98. The van der Waals surface area contributed by atoms with Crippen molar-refractivity contribution < 1.29 is 20.4 Å². The summed E-state index contributed by atoms with van der Waals surface area (Å²) < 4.78 is 0. The molecule has 0 saturated heterocycles. The second-order valence-corrected chi connectivity index (χ2v) is 4.29. The fourth-order valence-electron chi connectivity index (χ4n) is 1.45. The Kier molecular flexibility index (Phi) is 7.90. The lowest BCUT2D eigenvalue weighted by molar-refractivity contribution is 0.0195. The number of rotatable bonds is 8. The summed E-state index contributed by atoms with van der Waals surface area (Å²) in [7, 11) is 0. The van der Waals surface area contributed by atoms with Crippen molar-refractivity contribution in [2.24, 2.45) is 5.92 Å². The van der Waals surface area contributed by atoms with Gasteiger partial charge in [0.25, 0.3) is 0 Å². The van der Waals surface area contributed by atoms with Crippen molar-refractivity contribution in [3.8, 4) is 0 Å². The molecule has 0 amide bonds. The number of nitrogens with zero attached hydrogens (tertiary/aromatic N) is 1. The fourth-order valence-corrected chi connectivity index (χ4v) is 1.45. The quantitative estimate of drug-likeness (QED) is 0.407. The first-order valence-electron chi connectivity index (χ1n) is 5.29. The van der Waals surface area contributed by atoms with Crippen LogP contribution in [0.2, 0.25) is 0 Å². The average molecular weight is 221 g/mol. The molecule has 5 nitrogen and oxygen atoms in total. The molecule has 5 heteroatoms. The first-order chi connectivity index (χ1) is 6.99. The Morgan fingerprint density at radius 2 is 1.27 bits per heavy atom. The van der Waals surface area contributed by atoms with Crippen molar-refractivity contribution in [1.29, 1.82) is 0 Å². The van der Waals surface area contributed by atoms with E-state index >= 15 is 0 Å². The van der Waals surface area contributed by atoms with Gasteiger partial charge in [0.15, 0.2) is 0 Å². The normalized spacial score (nSPS) is 16.0. The van der Waals surface area contributed by atoms with E-state index in [1.807, 2.05) is 18.7 Å². The highest BCUT2D eigenvalue weighted by molar-refractivity contribution is 4.69. The second kappa shape index (κ2) is 8.01. The first-order valence-corrected chi connectivity index (χ1v) is 5.29. The molecule has 0 rings (SSSR count).